The summed E-state index contributed by atoms with van der Waals surface area (Å²) in [6.07, 6.45) is -0.272. The minimum Gasteiger partial charge on any atom is -0.411 e. The van der Waals surface area contributed by atoms with Gasteiger partial charge in [0.2, 0.25) is 6.79 Å². The lowest BCUT2D eigenvalue weighted by Crippen LogP contribution is -2.20. The molecule has 0 radical (unpaired) electrons. The van der Waals surface area contributed by atoms with Gasteiger partial charge in [0.25, 0.3) is 0 Å². The van der Waals surface area contributed by atoms with Gasteiger partial charge in [-0.25, -0.2) is 9.59 Å². The monoisotopic (exact) mass is 342 g/mol. The maximum Gasteiger partial charge on any atom is 0.414 e. The van der Waals surface area contributed by atoms with Crippen LogP contribution in [0.4, 0.5) is 21.0 Å². The number of benzene rings is 2. The number of aldehydes is 2. The Labute approximate surface area is 142 Å². The van der Waals surface area contributed by atoms with Crippen molar-refractivity contribution in [1.82, 2.24) is 0 Å². The first kappa shape index (κ1) is 17.7. The largest absolute Gasteiger partial charge is 0.414 e. The van der Waals surface area contributed by atoms with Gasteiger partial charge in [-0.05, 0) is 48.5 Å². The zero-order valence-electron chi connectivity index (χ0n) is 12.9. The zero-order valence-corrected chi connectivity index (χ0v) is 12.9. The highest BCUT2D eigenvalue weighted by molar-refractivity contribution is 5.87. The number of hydrogen-bond acceptors (Lipinski definition) is 6. The van der Waals surface area contributed by atoms with E-state index in [2.05, 4.69) is 10.6 Å². The fourth-order valence-electron chi connectivity index (χ4n) is 1.73. The van der Waals surface area contributed by atoms with Crippen molar-refractivity contribution in [3.8, 4) is 0 Å². The Morgan fingerprint density at radius 3 is 1.40 bits per heavy atom. The van der Waals surface area contributed by atoms with Crippen LogP contribution in [0.2, 0.25) is 0 Å². The molecule has 0 heterocycles. The van der Waals surface area contributed by atoms with Gasteiger partial charge >= 0.3 is 12.2 Å². The summed E-state index contributed by atoms with van der Waals surface area (Å²) in [6.45, 7) is -0.587. The number of nitrogens with one attached hydrogen (secondary N) is 2. The predicted molar refractivity (Wildman–Crippen MR) is 88.7 cm³/mol. The average molecular weight is 342 g/mol. The summed E-state index contributed by atoms with van der Waals surface area (Å²) in [7, 11) is 0. The van der Waals surface area contributed by atoms with Gasteiger partial charge < -0.3 is 9.47 Å². The van der Waals surface area contributed by atoms with Gasteiger partial charge in [0.15, 0.2) is 0 Å². The van der Waals surface area contributed by atoms with E-state index in [-0.39, 0.29) is 0 Å². The molecule has 2 aromatic carbocycles. The molecule has 0 saturated carbocycles. The Balaban J connectivity index is 1.71. The van der Waals surface area contributed by atoms with Gasteiger partial charge in [0.1, 0.15) is 12.6 Å². The summed E-state index contributed by atoms with van der Waals surface area (Å²) >= 11 is 0. The van der Waals surface area contributed by atoms with E-state index in [1.165, 1.54) is 48.5 Å². The molecule has 0 atom stereocenters. The summed E-state index contributed by atoms with van der Waals surface area (Å²) in [4.78, 5) is 44.1. The first-order chi connectivity index (χ1) is 12.1. The first-order valence-corrected chi connectivity index (χ1v) is 7.09. The van der Waals surface area contributed by atoms with Crippen molar-refractivity contribution in [2.24, 2.45) is 0 Å². The Hall–Kier alpha value is -3.68. The molecule has 8 heteroatoms. The van der Waals surface area contributed by atoms with Crippen molar-refractivity contribution < 1.29 is 28.7 Å². The van der Waals surface area contributed by atoms with E-state index >= 15 is 0 Å². The zero-order chi connectivity index (χ0) is 18.1. The molecule has 0 unspecified atom stereocenters. The molecule has 0 aliphatic heterocycles. The molecule has 0 aliphatic carbocycles. The molecule has 0 spiro atoms. The number of carbonyl (C=O) groups excluding carboxylic acids is 4. The van der Waals surface area contributed by atoms with Gasteiger partial charge in [0.05, 0.1) is 0 Å². The first-order valence-electron chi connectivity index (χ1n) is 7.09. The second kappa shape index (κ2) is 8.82. The fraction of sp³-hybridized carbons (Fsp3) is 0.0588. The summed E-state index contributed by atoms with van der Waals surface area (Å²) in [5.74, 6) is 0. The van der Waals surface area contributed by atoms with Gasteiger partial charge in [-0.2, -0.15) is 0 Å². The van der Waals surface area contributed by atoms with Crippen LogP contribution in [0.1, 0.15) is 20.7 Å². The molecule has 128 valence electrons. The molecule has 8 nitrogen and oxygen atoms in total. The van der Waals surface area contributed by atoms with Crippen LogP contribution in [-0.4, -0.2) is 31.6 Å². The van der Waals surface area contributed by atoms with E-state index < -0.39 is 19.0 Å². The van der Waals surface area contributed by atoms with Crippen LogP contribution >= 0.6 is 0 Å². The number of ether oxygens (including phenoxy) is 2. The second-order valence-corrected chi connectivity index (χ2v) is 4.71. The highest BCUT2D eigenvalue weighted by Crippen LogP contribution is 2.09. The normalized spacial score (nSPS) is 9.60. The van der Waals surface area contributed by atoms with Crippen LogP contribution in [0.15, 0.2) is 48.5 Å². The van der Waals surface area contributed by atoms with Crippen molar-refractivity contribution in [2.75, 3.05) is 17.4 Å². The maximum absolute atomic E-state index is 11.5. The van der Waals surface area contributed by atoms with Crippen molar-refractivity contribution in [1.29, 1.82) is 0 Å². The van der Waals surface area contributed by atoms with E-state index in [9.17, 15) is 19.2 Å². The van der Waals surface area contributed by atoms with Crippen LogP contribution in [0.5, 0.6) is 0 Å². The SMILES string of the molecule is O=Cc1ccc(NC(=O)OCOC(=O)Nc2ccc(C=O)cc2)cc1. The molecular formula is C17H14N2O6. The second-order valence-electron chi connectivity index (χ2n) is 4.71. The Morgan fingerprint density at radius 1 is 0.720 bits per heavy atom. The molecular weight excluding hydrogens is 328 g/mol. The molecule has 0 aromatic heterocycles. The number of hydrogen-bond donors (Lipinski definition) is 2. The lowest BCUT2D eigenvalue weighted by molar-refractivity contribution is 0.0369. The molecule has 2 rings (SSSR count). The van der Waals surface area contributed by atoms with Crippen LogP contribution in [0.25, 0.3) is 0 Å². The number of amides is 2. The minimum atomic E-state index is -0.818. The summed E-state index contributed by atoms with van der Waals surface area (Å²) in [5.41, 5.74) is 1.80. The molecule has 0 fully saturated rings. The van der Waals surface area contributed by atoms with Crippen LogP contribution in [0, 0.1) is 0 Å². The van der Waals surface area contributed by atoms with Gasteiger partial charge in [-0.15, -0.1) is 0 Å². The molecule has 25 heavy (non-hydrogen) atoms. The highest BCUT2D eigenvalue weighted by atomic mass is 16.7. The molecule has 2 amide bonds. The lowest BCUT2D eigenvalue weighted by atomic mass is 10.2. The van der Waals surface area contributed by atoms with E-state index in [1.54, 1.807) is 0 Å². The summed E-state index contributed by atoms with van der Waals surface area (Å²) < 4.78 is 9.40. The van der Waals surface area contributed by atoms with Crippen molar-refractivity contribution in [3.63, 3.8) is 0 Å². The Morgan fingerprint density at radius 2 is 1.08 bits per heavy atom. The lowest BCUT2D eigenvalue weighted by Gasteiger charge is -2.09. The van der Waals surface area contributed by atoms with E-state index in [4.69, 9.17) is 9.47 Å². The van der Waals surface area contributed by atoms with Gasteiger partial charge in [0, 0.05) is 22.5 Å². The van der Waals surface area contributed by atoms with Crippen LogP contribution < -0.4 is 10.6 Å². The fourth-order valence-corrected chi connectivity index (χ4v) is 1.73. The van der Waals surface area contributed by atoms with E-state index in [0.29, 0.717) is 35.1 Å². The molecule has 2 aromatic rings. The summed E-state index contributed by atoms with van der Waals surface area (Å²) in [5, 5.41) is 4.81. The third kappa shape index (κ3) is 5.79. The predicted octanol–water partition coefficient (Wildman–Crippen LogP) is 3.07. The average Bonchev–Trinajstić information content (AvgIpc) is 2.63. The molecule has 0 bridgehead atoms. The number of carbonyl (C=O) groups is 4. The van der Waals surface area contributed by atoms with Crippen molar-refractivity contribution in [2.45, 2.75) is 0 Å². The summed E-state index contributed by atoms with van der Waals surface area (Å²) in [6, 6.07) is 12.2. The van der Waals surface area contributed by atoms with Crippen LogP contribution in [-0.2, 0) is 9.47 Å². The maximum atomic E-state index is 11.5. The quantitative estimate of drug-likeness (QED) is 0.616. The van der Waals surface area contributed by atoms with Gasteiger partial charge in [-0.3, -0.25) is 20.2 Å². The van der Waals surface area contributed by atoms with E-state index in [1.807, 2.05) is 0 Å². The minimum absolute atomic E-state index is 0.426. The third-order valence-electron chi connectivity index (χ3n) is 2.97. The van der Waals surface area contributed by atoms with Crippen LogP contribution in [0.3, 0.4) is 0 Å². The standard InChI is InChI=1S/C17H14N2O6/c20-9-12-1-5-14(6-2-12)18-16(22)24-11-25-17(23)19-15-7-3-13(10-21)4-8-15/h1-10H,11H2,(H,18,22)(H,19,23). The molecule has 0 saturated heterocycles. The number of anilines is 2. The van der Waals surface area contributed by atoms with Crippen molar-refractivity contribution in [3.05, 3.63) is 59.7 Å². The highest BCUT2D eigenvalue weighted by Gasteiger charge is 2.07. The third-order valence-corrected chi connectivity index (χ3v) is 2.97. The smallest absolute Gasteiger partial charge is 0.411 e. The van der Waals surface area contributed by atoms with Crippen molar-refractivity contribution >= 4 is 36.1 Å². The molecule has 0 aliphatic rings. The Kier molecular flexibility index (Phi) is 6.24. The van der Waals surface area contributed by atoms with E-state index in [0.717, 1.165) is 0 Å². The van der Waals surface area contributed by atoms with Gasteiger partial charge in [-0.1, -0.05) is 0 Å². The topological polar surface area (TPSA) is 111 Å². The Bertz CT molecular complexity index is 690. The molecule has 2 N–H and O–H groups in total. The number of rotatable bonds is 6.